The number of nitrogens with zero attached hydrogens (tertiary/aromatic N) is 1. The number of amides is 1. The third kappa shape index (κ3) is 6.12. The molecule has 0 heterocycles. The summed E-state index contributed by atoms with van der Waals surface area (Å²) in [5.41, 5.74) is 4.95. The third-order valence-corrected chi connectivity index (χ3v) is 2.68. The van der Waals surface area contributed by atoms with Crippen LogP contribution in [0.4, 0.5) is 0 Å². The lowest BCUT2D eigenvalue weighted by Gasteiger charge is -2.11. The molecule has 0 aliphatic heterocycles. The van der Waals surface area contributed by atoms with Gasteiger partial charge in [0, 0.05) is 26.3 Å². The van der Waals surface area contributed by atoms with Gasteiger partial charge in [-0.25, -0.2) is 0 Å². The molecule has 0 aliphatic rings. The Morgan fingerprint density at radius 1 is 1.64 bits per heavy atom. The lowest BCUT2D eigenvalue weighted by atomic mass is 10.5. The van der Waals surface area contributed by atoms with E-state index in [9.17, 15) is 4.79 Å². The van der Waals surface area contributed by atoms with Crippen LogP contribution >= 0.6 is 24.0 Å². The highest BCUT2D eigenvalue weighted by Crippen LogP contribution is 2.07. The van der Waals surface area contributed by atoms with Gasteiger partial charge >= 0.3 is 0 Å². The van der Waals surface area contributed by atoms with E-state index < -0.39 is 0 Å². The molecule has 0 rings (SSSR count). The van der Waals surface area contributed by atoms with Crippen molar-refractivity contribution in [2.45, 2.75) is 6.42 Å². The van der Waals surface area contributed by atoms with E-state index in [0.29, 0.717) is 12.2 Å². The van der Waals surface area contributed by atoms with Gasteiger partial charge in [-0.05, 0) is 0 Å². The van der Waals surface area contributed by atoms with Crippen LogP contribution < -0.4 is 5.73 Å². The molecule has 2 N–H and O–H groups in total. The predicted octanol–water partition coefficient (Wildman–Crippen LogP) is 0.442. The van der Waals surface area contributed by atoms with E-state index in [1.807, 2.05) is 19.0 Å². The van der Waals surface area contributed by atoms with Crippen molar-refractivity contribution in [3.63, 3.8) is 0 Å². The number of hydrogen-bond donors (Lipinski definition) is 1. The summed E-state index contributed by atoms with van der Waals surface area (Å²) in [5.74, 6) is 0.394. The zero-order valence-electron chi connectivity index (χ0n) is 6.66. The van der Waals surface area contributed by atoms with E-state index in [2.05, 4.69) is 0 Å². The van der Waals surface area contributed by atoms with Crippen LogP contribution in [-0.2, 0) is 4.79 Å². The Kier molecular flexibility index (Phi) is 5.23. The molecule has 0 aromatic rings. The SMILES string of the molecule is CN(C)C(=S)SCCC(N)=O. The average Bonchev–Trinajstić information content (AvgIpc) is 1.86. The van der Waals surface area contributed by atoms with Crippen molar-refractivity contribution in [3.8, 4) is 0 Å². The zero-order chi connectivity index (χ0) is 8.85. The maximum absolute atomic E-state index is 10.3. The van der Waals surface area contributed by atoms with Gasteiger partial charge in [0.15, 0.2) is 0 Å². The van der Waals surface area contributed by atoms with E-state index in [4.69, 9.17) is 18.0 Å². The summed E-state index contributed by atoms with van der Waals surface area (Å²) in [5, 5.41) is 0. The molecule has 0 bridgehead atoms. The van der Waals surface area contributed by atoms with E-state index in [1.54, 1.807) is 0 Å². The first-order valence-corrected chi connectivity index (χ1v) is 4.56. The number of carbonyl (C=O) groups excluding carboxylic acids is 1. The molecule has 0 atom stereocenters. The number of thioether (sulfide) groups is 1. The first-order valence-electron chi connectivity index (χ1n) is 3.16. The summed E-state index contributed by atoms with van der Waals surface area (Å²) in [6, 6.07) is 0. The molecule has 3 nitrogen and oxygen atoms in total. The van der Waals surface area contributed by atoms with Gasteiger partial charge in [0.2, 0.25) is 5.91 Å². The van der Waals surface area contributed by atoms with Crippen LogP contribution in [0.2, 0.25) is 0 Å². The molecule has 0 aromatic heterocycles. The largest absolute Gasteiger partial charge is 0.370 e. The fourth-order valence-electron chi connectivity index (χ4n) is 0.368. The normalized spacial score (nSPS) is 9.27. The predicted molar refractivity (Wildman–Crippen MR) is 52.6 cm³/mol. The molecule has 1 amide bonds. The number of hydrogen-bond acceptors (Lipinski definition) is 3. The molecule has 0 aromatic carbocycles. The fourth-order valence-corrected chi connectivity index (χ4v) is 1.35. The van der Waals surface area contributed by atoms with E-state index in [-0.39, 0.29) is 5.91 Å². The maximum atomic E-state index is 10.3. The van der Waals surface area contributed by atoms with Gasteiger partial charge in [0.1, 0.15) is 4.32 Å². The Morgan fingerprint density at radius 2 is 2.18 bits per heavy atom. The number of carbonyl (C=O) groups is 1. The number of rotatable bonds is 3. The van der Waals surface area contributed by atoms with E-state index in [1.165, 1.54) is 11.8 Å². The monoisotopic (exact) mass is 192 g/mol. The Hall–Kier alpha value is -0.290. The van der Waals surface area contributed by atoms with E-state index in [0.717, 1.165) is 4.32 Å². The summed E-state index contributed by atoms with van der Waals surface area (Å²) < 4.78 is 0.784. The second-order valence-corrected chi connectivity index (χ2v) is 3.95. The summed E-state index contributed by atoms with van der Waals surface area (Å²) >= 11 is 6.44. The minimum absolute atomic E-state index is 0.279. The highest BCUT2D eigenvalue weighted by Gasteiger charge is 2.00. The molecule has 0 radical (unpaired) electrons. The van der Waals surface area contributed by atoms with Gasteiger partial charge in [0.25, 0.3) is 0 Å². The molecular formula is C6H12N2OS2. The summed E-state index contributed by atoms with van der Waals surface area (Å²) in [4.78, 5) is 12.1. The Bertz CT molecular complexity index is 159. The van der Waals surface area contributed by atoms with Crippen LogP contribution in [0.3, 0.4) is 0 Å². The first-order chi connectivity index (χ1) is 5.04. The lowest BCUT2D eigenvalue weighted by Crippen LogP contribution is -2.18. The molecule has 64 valence electrons. The van der Waals surface area contributed by atoms with Crippen molar-refractivity contribution in [1.29, 1.82) is 0 Å². The van der Waals surface area contributed by atoms with Crippen LogP contribution in [-0.4, -0.2) is 35.0 Å². The van der Waals surface area contributed by atoms with Crippen LogP contribution in [0.25, 0.3) is 0 Å². The fraction of sp³-hybridized carbons (Fsp3) is 0.667. The van der Waals surface area contributed by atoms with E-state index >= 15 is 0 Å². The second kappa shape index (κ2) is 5.37. The second-order valence-electron chi connectivity index (χ2n) is 2.23. The highest BCUT2D eigenvalue weighted by atomic mass is 32.2. The van der Waals surface area contributed by atoms with Crippen LogP contribution in [0, 0.1) is 0 Å². The quantitative estimate of drug-likeness (QED) is 0.659. The molecule has 0 saturated carbocycles. The molecule has 0 fully saturated rings. The Labute approximate surface area is 76.3 Å². The van der Waals surface area contributed by atoms with Crippen molar-refractivity contribution in [2.24, 2.45) is 5.73 Å². The van der Waals surface area contributed by atoms with Crippen LogP contribution in [0.1, 0.15) is 6.42 Å². The van der Waals surface area contributed by atoms with Crippen LogP contribution in [0.5, 0.6) is 0 Å². The summed E-state index contributed by atoms with van der Waals surface area (Å²) in [6.07, 6.45) is 0.388. The van der Waals surface area contributed by atoms with Gasteiger partial charge in [-0.1, -0.05) is 24.0 Å². The van der Waals surface area contributed by atoms with Gasteiger partial charge < -0.3 is 10.6 Å². The average molecular weight is 192 g/mol. The smallest absolute Gasteiger partial charge is 0.218 e. The maximum Gasteiger partial charge on any atom is 0.218 e. The van der Waals surface area contributed by atoms with Crippen molar-refractivity contribution in [1.82, 2.24) is 4.90 Å². The molecular weight excluding hydrogens is 180 g/mol. The van der Waals surface area contributed by atoms with Crippen molar-refractivity contribution < 1.29 is 4.79 Å². The summed E-state index contributed by atoms with van der Waals surface area (Å²) in [6.45, 7) is 0. The van der Waals surface area contributed by atoms with Crippen molar-refractivity contribution in [2.75, 3.05) is 19.8 Å². The van der Waals surface area contributed by atoms with Gasteiger partial charge in [-0.2, -0.15) is 0 Å². The topological polar surface area (TPSA) is 46.3 Å². The summed E-state index contributed by atoms with van der Waals surface area (Å²) in [7, 11) is 3.75. The molecule has 5 heteroatoms. The van der Waals surface area contributed by atoms with Crippen LogP contribution in [0.15, 0.2) is 0 Å². The Morgan fingerprint density at radius 3 is 2.55 bits per heavy atom. The number of primary amides is 1. The first kappa shape index (κ1) is 10.7. The van der Waals surface area contributed by atoms with Gasteiger partial charge in [-0.3, -0.25) is 4.79 Å². The van der Waals surface area contributed by atoms with Gasteiger partial charge in [-0.15, -0.1) is 0 Å². The lowest BCUT2D eigenvalue weighted by molar-refractivity contribution is -0.117. The molecule has 0 saturated heterocycles. The number of thiocarbonyl (C=S) groups is 1. The molecule has 0 spiro atoms. The molecule has 0 aliphatic carbocycles. The van der Waals surface area contributed by atoms with Gasteiger partial charge in [0.05, 0.1) is 0 Å². The minimum atomic E-state index is -0.279. The van der Waals surface area contributed by atoms with Crippen molar-refractivity contribution in [3.05, 3.63) is 0 Å². The molecule has 0 unspecified atom stereocenters. The minimum Gasteiger partial charge on any atom is -0.370 e. The zero-order valence-corrected chi connectivity index (χ0v) is 8.30. The number of nitrogens with two attached hydrogens (primary N) is 1. The molecule has 11 heavy (non-hydrogen) atoms. The standard InChI is InChI=1S/C6H12N2OS2/c1-8(2)6(10)11-4-3-5(7)9/h3-4H2,1-2H3,(H2,7,9). The third-order valence-electron chi connectivity index (χ3n) is 0.939. The van der Waals surface area contributed by atoms with Crippen molar-refractivity contribution >= 4 is 34.2 Å². The Balaban J connectivity index is 3.39. The highest BCUT2D eigenvalue weighted by molar-refractivity contribution is 8.22.